The molecule has 1 amide bonds. The van der Waals surface area contributed by atoms with Crippen LogP contribution < -0.4 is 5.32 Å². The van der Waals surface area contributed by atoms with Crippen molar-refractivity contribution in [2.75, 3.05) is 5.32 Å². The molecule has 1 N–H and O–H groups in total. The Balaban J connectivity index is 2.44. The van der Waals surface area contributed by atoms with E-state index in [1.807, 2.05) is 6.92 Å². The number of hydrogen-bond acceptors (Lipinski definition) is 2. The second kappa shape index (κ2) is 8.46. The van der Waals surface area contributed by atoms with Crippen molar-refractivity contribution in [2.24, 2.45) is 0 Å². The summed E-state index contributed by atoms with van der Waals surface area (Å²) in [4.78, 5) is 22.1. The van der Waals surface area contributed by atoms with Crippen molar-refractivity contribution in [1.29, 1.82) is 0 Å². The summed E-state index contributed by atoms with van der Waals surface area (Å²) in [5.74, 6) is -0.352. The number of nitrogens with one attached hydrogen (secondary N) is 1. The van der Waals surface area contributed by atoms with Crippen molar-refractivity contribution in [1.82, 2.24) is 0 Å². The number of carbonyl (C=O) groups excluding carboxylic acids is 2. The van der Waals surface area contributed by atoms with Crippen LogP contribution in [0.3, 0.4) is 0 Å². The molecule has 0 spiro atoms. The minimum absolute atomic E-state index is 0.233. The SMILES string of the molecule is CCC(=O)CCCCCc1cccc(NC(C)=O)c1F. The lowest BCUT2D eigenvalue weighted by Gasteiger charge is -2.08. The molecule has 0 aliphatic carbocycles. The fourth-order valence-corrected chi connectivity index (χ4v) is 2.05. The first kappa shape index (κ1) is 16.3. The van der Waals surface area contributed by atoms with Crippen LogP contribution in [0.1, 0.15) is 51.5 Å². The van der Waals surface area contributed by atoms with Gasteiger partial charge in [0.05, 0.1) is 5.69 Å². The first-order chi connectivity index (χ1) is 9.54. The van der Waals surface area contributed by atoms with E-state index in [4.69, 9.17) is 0 Å². The summed E-state index contributed by atoms with van der Waals surface area (Å²) in [5.41, 5.74) is 0.842. The summed E-state index contributed by atoms with van der Waals surface area (Å²) < 4.78 is 14.1. The van der Waals surface area contributed by atoms with Crippen LogP contribution in [0.25, 0.3) is 0 Å². The highest BCUT2D eigenvalue weighted by Crippen LogP contribution is 2.20. The maximum atomic E-state index is 14.1. The molecule has 1 aromatic carbocycles. The molecule has 0 aliphatic rings. The van der Waals surface area contributed by atoms with Crippen molar-refractivity contribution in [3.05, 3.63) is 29.6 Å². The first-order valence-corrected chi connectivity index (χ1v) is 7.11. The van der Waals surface area contributed by atoms with Gasteiger partial charge in [-0.2, -0.15) is 0 Å². The van der Waals surface area contributed by atoms with Gasteiger partial charge >= 0.3 is 0 Å². The van der Waals surface area contributed by atoms with Crippen molar-refractivity contribution in [3.63, 3.8) is 0 Å². The van der Waals surface area contributed by atoms with Crippen LogP contribution in [0.5, 0.6) is 0 Å². The van der Waals surface area contributed by atoms with E-state index in [1.165, 1.54) is 6.92 Å². The van der Waals surface area contributed by atoms with E-state index in [2.05, 4.69) is 5.32 Å². The third kappa shape index (κ3) is 5.51. The number of benzene rings is 1. The summed E-state index contributed by atoms with van der Waals surface area (Å²) in [5, 5.41) is 2.48. The zero-order valence-electron chi connectivity index (χ0n) is 12.2. The lowest BCUT2D eigenvalue weighted by molar-refractivity contribution is -0.119. The number of carbonyl (C=O) groups is 2. The van der Waals surface area contributed by atoms with Crippen molar-refractivity contribution >= 4 is 17.4 Å². The molecule has 0 bridgehead atoms. The predicted octanol–water partition coefficient (Wildman–Crippen LogP) is 3.87. The Labute approximate surface area is 119 Å². The van der Waals surface area contributed by atoms with Crippen LogP contribution in [0.15, 0.2) is 18.2 Å². The maximum absolute atomic E-state index is 14.1. The molecule has 0 saturated carbocycles. The Morgan fingerprint density at radius 1 is 1.20 bits per heavy atom. The third-order valence-electron chi connectivity index (χ3n) is 3.19. The molecule has 0 unspecified atom stereocenters. The molecule has 0 aromatic heterocycles. The molecule has 0 radical (unpaired) electrons. The van der Waals surface area contributed by atoms with E-state index in [1.54, 1.807) is 18.2 Å². The quantitative estimate of drug-likeness (QED) is 0.734. The number of halogens is 1. The maximum Gasteiger partial charge on any atom is 0.221 e. The Hall–Kier alpha value is -1.71. The van der Waals surface area contributed by atoms with E-state index in [-0.39, 0.29) is 23.2 Å². The molecule has 0 atom stereocenters. The first-order valence-electron chi connectivity index (χ1n) is 7.11. The van der Waals surface area contributed by atoms with Gasteiger partial charge in [0.25, 0.3) is 0 Å². The number of Topliss-reactive ketones (excluding diaryl/α,β-unsaturated/α-hetero) is 1. The lowest BCUT2D eigenvalue weighted by atomic mass is 10.0. The molecule has 1 aromatic rings. The zero-order chi connectivity index (χ0) is 15.0. The van der Waals surface area contributed by atoms with E-state index in [0.29, 0.717) is 24.8 Å². The van der Waals surface area contributed by atoms with E-state index < -0.39 is 0 Å². The van der Waals surface area contributed by atoms with Crippen LogP contribution in [0.2, 0.25) is 0 Å². The monoisotopic (exact) mass is 279 g/mol. The van der Waals surface area contributed by atoms with Crippen molar-refractivity contribution < 1.29 is 14.0 Å². The molecule has 0 aliphatic heterocycles. The fourth-order valence-electron chi connectivity index (χ4n) is 2.05. The summed E-state index contributed by atoms with van der Waals surface area (Å²) in [6.07, 6.45) is 4.45. The summed E-state index contributed by atoms with van der Waals surface area (Å²) in [6, 6.07) is 5.03. The van der Waals surface area contributed by atoms with Gasteiger partial charge in [0, 0.05) is 19.8 Å². The van der Waals surface area contributed by atoms with Crippen LogP contribution in [-0.4, -0.2) is 11.7 Å². The van der Waals surface area contributed by atoms with Gasteiger partial charge in [0.15, 0.2) is 0 Å². The van der Waals surface area contributed by atoms with Gasteiger partial charge in [-0.15, -0.1) is 0 Å². The van der Waals surface area contributed by atoms with Crippen molar-refractivity contribution in [3.8, 4) is 0 Å². The van der Waals surface area contributed by atoms with Gasteiger partial charge in [-0.3, -0.25) is 9.59 Å². The van der Waals surface area contributed by atoms with Crippen LogP contribution in [0, 0.1) is 5.82 Å². The minimum Gasteiger partial charge on any atom is -0.324 e. The highest BCUT2D eigenvalue weighted by molar-refractivity contribution is 5.88. The second-order valence-corrected chi connectivity index (χ2v) is 4.91. The van der Waals surface area contributed by atoms with Gasteiger partial charge in [-0.25, -0.2) is 4.39 Å². The number of amides is 1. The molecule has 20 heavy (non-hydrogen) atoms. The average molecular weight is 279 g/mol. The standard InChI is InChI=1S/C16H22FNO2/c1-3-14(20)10-6-4-5-8-13-9-7-11-15(16(13)17)18-12(2)19/h7,9,11H,3-6,8,10H2,1-2H3,(H,18,19). The Morgan fingerprint density at radius 3 is 2.60 bits per heavy atom. The molecule has 0 heterocycles. The number of hydrogen-bond donors (Lipinski definition) is 1. The highest BCUT2D eigenvalue weighted by Gasteiger charge is 2.08. The van der Waals surface area contributed by atoms with E-state index in [9.17, 15) is 14.0 Å². The van der Waals surface area contributed by atoms with Gasteiger partial charge in [-0.05, 0) is 30.9 Å². The number of ketones is 1. The normalized spacial score (nSPS) is 10.3. The largest absolute Gasteiger partial charge is 0.324 e. The van der Waals surface area contributed by atoms with E-state index in [0.717, 1.165) is 19.3 Å². The molecule has 0 saturated heterocycles. The molecule has 1 rings (SSSR count). The molecular formula is C16H22FNO2. The Kier molecular flexibility index (Phi) is 6.91. The summed E-state index contributed by atoms with van der Waals surface area (Å²) in [7, 11) is 0. The molecule has 4 heteroatoms. The van der Waals surface area contributed by atoms with Gasteiger partial charge < -0.3 is 5.32 Å². The highest BCUT2D eigenvalue weighted by atomic mass is 19.1. The van der Waals surface area contributed by atoms with E-state index >= 15 is 0 Å². The fraction of sp³-hybridized carbons (Fsp3) is 0.500. The van der Waals surface area contributed by atoms with Crippen LogP contribution in [-0.2, 0) is 16.0 Å². The summed E-state index contributed by atoms with van der Waals surface area (Å²) >= 11 is 0. The van der Waals surface area contributed by atoms with Crippen molar-refractivity contribution in [2.45, 2.75) is 52.4 Å². The molecular weight excluding hydrogens is 257 g/mol. The summed E-state index contributed by atoms with van der Waals surface area (Å²) in [6.45, 7) is 3.22. The van der Waals surface area contributed by atoms with Gasteiger partial charge in [0.2, 0.25) is 5.91 Å². The number of aryl methyl sites for hydroxylation is 1. The Morgan fingerprint density at radius 2 is 1.95 bits per heavy atom. The third-order valence-corrected chi connectivity index (χ3v) is 3.19. The lowest BCUT2D eigenvalue weighted by Crippen LogP contribution is -2.08. The minimum atomic E-state index is -0.354. The molecule has 0 fully saturated rings. The van der Waals surface area contributed by atoms with Gasteiger partial charge in [-0.1, -0.05) is 25.5 Å². The topological polar surface area (TPSA) is 46.2 Å². The Bertz CT molecular complexity index is 472. The van der Waals surface area contributed by atoms with Gasteiger partial charge in [0.1, 0.15) is 11.6 Å². The number of rotatable bonds is 8. The number of anilines is 1. The smallest absolute Gasteiger partial charge is 0.221 e. The molecule has 110 valence electrons. The second-order valence-electron chi connectivity index (χ2n) is 4.91. The molecule has 3 nitrogen and oxygen atoms in total. The predicted molar refractivity (Wildman–Crippen MR) is 78.2 cm³/mol. The van der Waals surface area contributed by atoms with Crippen LogP contribution >= 0.6 is 0 Å². The zero-order valence-corrected chi connectivity index (χ0v) is 12.2. The number of unbranched alkanes of at least 4 members (excludes halogenated alkanes) is 2. The van der Waals surface area contributed by atoms with Crippen LogP contribution in [0.4, 0.5) is 10.1 Å². The average Bonchev–Trinajstić information content (AvgIpc) is 2.41.